The Morgan fingerprint density at radius 3 is 2.70 bits per heavy atom. The van der Waals surface area contributed by atoms with Gasteiger partial charge in [-0.1, -0.05) is 36.4 Å². The van der Waals surface area contributed by atoms with Crippen LogP contribution >= 0.6 is 0 Å². The molecule has 0 radical (unpaired) electrons. The van der Waals surface area contributed by atoms with E-state index in [4.69, 9.17) is 0 Å². The Balaban J connectivity index is 0.000000500. The zero-order chi connectivity index (χ0) is 6.10. The molecule has 52 valence electrons. The lowest BCUT2D eigenvalue weighted by atomic mass is 10.1. The maximum Gasteiger partial charge on any atom is -0.00882 e. The van der Waals surface area contributed by atoms with Crippen molar-refractivity contribution >= 4 is 6.08 Å². The summed E-state index contributed by atoms with van der Waals surface area (Å²) in [7, 11) is 0. The molecule has 1 heteroatoms. The van der Waals surface area contributed by atoms with Gasteiger partial charge in [-0.3, -0.25) is 0 Å². The van der Waals surface area contributed by atoms with Gasteiger partial charge in [-0.25, -0.2) is 0 Å². The standard InChI is InChI=1S/C9H8.H3N/c1-2-5-9-7-3-6-8(9)4-1;/h1-6H,7H2;1H3. The smallest absolute Gasteiger partial charge is 0.00882 e. The van der Waals surface area contributed by atoms with Gasteiger partial charge in [0.2, 0.25) is 0 Å². The van der Waals surface area contributed by atoms with Gasteiger partial charge in [0.05, 0.1) is 0 Å². The summed E-state index contributed by atoms with van der Waals surface area (Å²) >= 11 is 0. The van der Waals surface area contributed by atoms with Gasteiger partial charge in [0.1, 0.15) is 0 Å². The molecule has 0 saturated carbocycles. The molecule has 0 aliphatic heterocycles. The molecular formula is C9H11N. The van der Waals surface area contributed by atoms with E-state index in [1.807, 2.05) is 0 Å². The van der Waals surface area contributed by atoms with E-state index in [0.29, 0.717) is 0 Å². The van der Waals surface area contributed by atoms with E-state index in [9.17, 15) is 0 Å². The molecule has 0 amide bonds. The summed E-state index contributed by atoms with van der Waals surface area (Å²) in [6.07, 6.45) is 5.50. The predicted molar refractivity (Wildman–Crippen MR) is 44.2 cm³/mol. The molecule has 2 rings (SSSR count). The number of allylic oxidation sites excluding steroid dienone is 1. The third-order valence-electron chi connectivity index (χ3n) is 1.69. The minimum absolute atomic E-state index is 0. The molecule has 10 heavy (non-hydrogen) atoms. The van der Waals surface area contributed by atoms with E-state index in [2.05, 4.69) is 36.4 Å². The topological polar surface area (TPSA) is 35.0 Å². The summed E-state index contributed by atoms with van der Waals surface area (Å²) < 4.78 is 0. The van der Waals surface area contributed by atoms with Gasteiger partial charge < -0.3 is 6.15 Å². The van der Waals surface area contributed by atoms with Gasteiger partial charge in [-0.2, -0.15) is 0 Å². The van der Waals surface area contributed by atoms with Crippen LogP contribution in [0.5, 0.6) is 0 Å². The van der Waals surface area contributed by atoms with Crippen molar-refractivity contribution in [1.82, 2.24) is 6.15 Å². The molecule has 0 spiro atoms. The van der Waals surface area contributed by atoms with E-state index >= 15 is 0 Å². The quantitative estimate of drug-likeness (QED) is 0.579. The lowest BCUT2D eigenvalue weighted by Gasteiger charge is -1.93. The van der Waals surface area contributed by atoms with Crippen LogP contribution in [-0.2, 0) is 6.42 Å². The van der Waals surface area contributed by atoms with Crippen molar-refractivity contribution in [2.75, 3.05) is 0 Å². The van der Waals surface area contributed by atoms with Crippen molar-refractivity contribution in [2.45, 2.75) is 6.42 Å². The molecule has 1 nitrogen and oxygen atoms in total. The molecule has 1 aliphatic carbocycles. The first-order valence-corrected chi connectivity index (χ1v) is 3.21. The van der Waals surface area contributed by atoms with E-state index in [0.717, 1.165) is 6.42 Å². The zero-order valence-corrected chi connectivity index (χ0v) is 5.88. The molecule has 0 bridgehead atoms. The monoisotopic (exact) mass is 133 g/mol. The van der Waals surface area contributed by atoms with Gasteiger partial charge in [-0.15, -0.1) is 0 Å². The Morgan fingerprint density at radius 2 is 1.90 bits per heavy atom. The number of rotatable bonds is 0. The number of fused-ring (bicyclic) bond motifs is 1. The first kappa shape index (κ1) is 7.03. The van der Waals surface area contributed by atoms with E-state index in [-0.39, 0.29) is 6.15 Å². The average Bonchev–Trinajstić information content (AvgIpc) is 2.33. The fourth-order valence-corrected chi connectivity index (χ4v) is 1.20. The second-order valence-corrected chi connectivity index (χ2v) is 2.31. The summed E-state index contributed by atoms with van der Waals surface area (Å²) in [6.45, 7) is 0. The predicted octanol–water partition coefficient (Wildman–Crippen LogP) is 2.42. The first-order chi connectivity index (χ1) is 4.47. The van der Waals surface area contributed by atoms with Crippen LogP contribution in [-0.4, -0.2) is 0 Å². The lowest BCUT2D eigenvalue weighted by molar-refractivity contribution is 1.31. The van der Waals surface area contributed by atoms with Crippen LogP contribution in [0.4, 0.5) is 0 Å². The molecule has 0 saturated heterocycles. The Kier molecular flexibility index (Phi) is 1.88. The van der Waals surface area contributed by atoms with Crippen molar-refractivity contribution in [1.29, 1.82) is 0 Å². The Morgan fingerprint density at radius 1 is 1.10 bits per heavy atom. The maximum atomic E-state index is 2.20. The normalized spacial score (nSPS) is 12.4. The molecule has 0 aromatic heterocycles. The molecule has 0 fully saturated rings. The van der Waals surface area contributed by atoms with Gasteiger partial charge in [0.15, 0.2) is 0 Å². The zero-order valence-electron chi connectivity index (χ0n) is 5.88. The highest BCUT2D eigenvalue weighted by Gasteiger charge is 2.00. The highest BCUT2D eigenvalue weighted by atomic mass is 14.0. The second-order valence-electron chi connectivity index (χ2n) is 2.31. The number of hydrogen-bond acceptors (Lipinski definition) is 1. The molecule has 1 aliphatic rings. The van der Waals surface area contributed by atoms with Crippen LogP contribution in [0, 0.1) is 0 Å². The van der Waals surface area contributed by atoms with Crippen LogP contribution in [0.2, 0.25) is 0 Å². The van der Waals surface area contributed by atoms with Crippen LogP contribution < -0.4 is 6.15 Å². The number of benzene rings is 1. The van der Waals surface area contributed by atoms with E-state index in [1.54, 1.807) is 0 Å². The molecule has 3 N–H and O–H groups in total. The van der Waals surface area contributed by atoms with Gasteiger partial charge >= 0.3 is 0 Å². The molecule has 1 aromatic carbocycles. The van der Waals surface area contributed by atoms with Crippen molar-refractivity contribution in [3.63, 3.8) is 0 Å². The van der Waals surface area contributed by atoms with Crippen LogP contribution in [0.1, 0.15) is 11.1 Å². The molecule has 0 unspecified atom stereocenters. The second kappa shape index (κ2) is 2.67. The largest absolute Gasteiger partial charge is 0.344 e. The Bertz CT molecular complexity index is 251. The van der Waals surface area contributed by atoms with Gasteiger partial charge in [-0.05, 0) is 17.5 Å². The van der Waals surface area contributed by atoms with E-state index in [1.165, 1.54) is 11.1 Å². The summed E-state index contributed by atoms with van der Waals surface area (Å²) in [5, 5.41) is 0. The summed E-state index contributed by atoms with van der Waals surface area (Å²) in [5.41, 5.74) is 2.84. The highest BCUT2D eigenvalue weighted by molar-refractivity contribution is 5.59. The van der Waals surface area contributed by atoms with Crippen LogP contribution in [0.3, 0.4) is 0 Å². The van der Waals surface area contributed by atoms with Crippen molar-refractivity contribution in [3.8, 4) is 0 Å². The maximum absolute atomic E-state index is 2.20. The SMILES string of the molecule is C1=Cc2ccccc2C1.N. The third kappa shape index (κ3) is 0.957. The summed E-state index contributed by atoms with van der Waals surface area (Å²) in [4.78, 5) is 0. The average molecular weight is 133 g/mol. The lowest BCUT2D eigenvalue weighted by Crippen LogP contribution is -1.76. The van der Waals surface area contributed by atoms with E-state index < -0.39 is 0 Å². The molecular weight excluding hydrogens is 122 g/mol. The molecule has 0 heterocycles. The third-order valence-corrected chi connectivity index (χ3v) is 1.69. The number of hydrogen-bond donors (Lipinski definition) is 1. The molecule has 1 aromatic rings. The van der Waals surface area contributed by atoms with Crippen molar-refractivity contribution in [2.24, 2.45) is 0 Å². The fraction of sp³-hybridized carbons (Fsp3) is 0.111. The summed E-state index contributed by atoms with van der Waals surface area (Å²) in [5.74, 6) is 0. The minimum Gasteiger partial charge on any atom is -0.344 e. The Labute approximate surface area is 61.0 Å². The van der Waals surface area contributed by atoms with Crippen LogP contribution in [0.15, 0.2) is 30.3 Å². The van der Waals surface area contributed by atoms with Gasteiger partial charge in [0, 0.05) is 0 Å². The minimum atomic E-state index is 0. The highest BCUT2D eigenvalue weighted by Crippen LogP contribution is 2.17. The fourth-order valence-electron chi connectivity index (χ4n) is 1.20. The van der Waals surface area contributed by atoms with Gasteiger partial charge in [0.25, 0.3) is 0 Å². The van der Waals surface area contributed by atoms with Crippen LogP contribution in [0.25, 0.3) is 6.08 Å². The Hall–Kier alpha value is -1.08. The van der Waals surface area contributed by atoms with Crippen molar-refractivity contribution < 1.29 is 0 Å². The molecule has 0 atom stereocenters. The first-order valence-electron chi connectivity index (χ1n) is 3.21. The summed E-state index contributed by atoms with van der Waals surface area (Å²) in [6, 6.07) is 8.49. The van der Waals surface area contributed by atoms with Crippen molar-refractivity contribution in [3.05, 3.63) is 41.5 Å².